The van der Waals surface area contributed by atoms with Gasteiger partial charge >= 0.3 is 17.9 Å². The number of hydrogen-bond donors (Lipinski definition) is 25. The zero-order chi connectivity index (χ0) is 94.0. The molecular weight excluding hydrogens is 1680 g/mol. The number of aliphatic hydroxyl groups is 1. The van der Waals surface area contributed by atoms with Gasteiger partial charge in [0.15, 0.2) is 11.9 Å². The van der Waals surface area contributed by atoms with E-state index in [1.54, 1.807) is 20.0 Å². The van der Waals surface area contributed by atoms with Crippen molar-refractivity contribution in [1.82, 2.24) is 78.2 Å². The number of benzene rings is 1. The van der Waals surface area contributed by atoms with Crippen molar-refractivity contribution < 1.29 is 102 Å². The van der Waals surface area contributed by atoms with E-state index in [-0.39, 0.29) is 141 Å². The summed E-state index contributed by atoms with van der Waals surface area (Å²) in [5.41, 5.74) is 47.5. The van der Waals surface area contributed by atoms with E-state index in [4.69, 9.17) is 45.9 Å². The fourth-order valence-electron chi connectivity index (χ4n) is 15.0. The third-order valence-corrected chi connectivity index (χ3v) is 22.6. The summed E-state index contributed by atoms with van der Waals surface area (Å²) in [6, 6.07) is -12.5. The van der Waals surface area contributed by atoms with Crippen molar-refractivity contribution in [3.63, 3.8) is 0 Å². The lowest BCUT2D eigenvalue weighted by atomic mass is 9.96. The molecular formula is C80H131N25O21S. The number of nitrogens with zero attached hydrogens (tertiary/aromatic N) is 5. The normalized spacial score (nSPS) is 17.6. The maximum absolute atomic E-state index is 14.8. The summed E-state index contributed by atoms with van der Waals surface area (Å²) in [5, 5.41) is 68.8. The number of H-pyrrole nitrogens is 1. The molecule has 708 valence electrons. The van der Waals surface area contributed by atoms with Gasteiger partial charge in [-0.2, -0.15) is 12.6 Å². The molecule has 3 aliphatic rings. The fraction of sp³-hybridized carbons (Fsp3) is 0.662. The number of carbonyl (C=O) groups excluding carboxylic acids is 14. The number of aliphatic carboxylic acids is 3. The van der Waals surface area contributed by atoms with Crippen LogP contribution >= 0.6 is 12.6 Å². The van der Waals surface area contributed by atoms with Crippen LogP contribution in [-0.4, -0.2) is 308 Å². The number of aromatic nitrogens is 1. The number of aliphatic hydroxyl groups excluding tert-OH is 1. The van der Waals surface area contributed by atoms with Crippen LogP contribution < -0.4 is 104 Å². The quantitative estimate of drug-likeness (QED) is 0.0127. The lowest BCUT2D eigenvalue weighted by Crippen LogP contribution is -2.61. The number of rotatable bonds is 58. The second-order valence-electron chi connectivity index (χ2n) is 31.8. The molecule has 0 radical (unpaired) electrons. The Kier molecular flexibility index (Phi) is 46.0. The highest BCUT2D eigenvalue weighted by Crippen LogP contribution is 2.26. The van der Waals surface area contributed by atoms with Gasteiger partial charge in [-0.05, 0) is 178 Å². The first-order valence-electron chi connectivity index (χ1n) is 43.1. The Labute approximate surface area is 740 Å². The average Bonchev–Trinajstić information content (AvgIpc) is 1.66. The first-order valence-corrected chi connectivity index (χ1v) is 43.8. The summed E-state index contributed by atoms with van der Waals surface area (Å²) in [4.78, 5) is 250. The maximum atomic E-state index is 14.8. The number of fused-ring (bicyclic) bond motifs is 1. The topological polar surface area (TPSA) is 762 Å². The molecule has 3 aliphatic heterocycles. The molecule has 5 rings (SSSR count). The number of unbranched alkanes of at least 4 members (excludes halogenated alkanes) is 3. The highest BCUT2D eigenvalue weighted by molar-refractivity contribution is 7.80. The zero-order valence-corrected chi connectivity index (χ0v) is 72.9. The van der Waals surface area contributed by atoms with Crippen LogP contribution in [0.4, 0.5) is 0 Å². The zero-order valence-electron chi connectivity index (χ0n) is 72.0. The van der Waals surface area contributed by atoms with Gasteiger partial charge in [0, 0.05) is 68.4 Å². The van der Waals surface area contributed by atoms with Gasteiger partial charge < -0.3 is 144 Å². The molecule has 15 atom stereocenters. The van der Waals surface area contributed by atoms with E-state index in [2.05, 4.69) is 86.1 Å². The van der Waals surface area contributed by atoms with E-state index in [1.165, 1.54) is 4.90 Å². The summed E-state index contributed by atoms with van der Waals surface area (Å²) in [6.45, 7) is 2.10. The van der Waals surface area contributed by atoms with Crippen molar-refractivity contribution in [3.05, 3.63) is 36.0 Å². The number of carbonyl (C=O) groups is 17. The molecule has 0 saturated carbocycles. The predicted molar refractivity (Wildman–Crippen MR) is 467 cm³/mol. The number of guanidine groups is 2. The minimum atomic E-state index is -1.81. The maximum Gasteiger partial charge on any atom is 0.326 e. The van der Waals surface area contributed by atoms with Gasteiger partial charge in [0.2, 0.25) is 82.7 Å². The second kappa shape index (κ2) is 55.1. The van der Waals surface area contributed by atoms with Crippen molar-refractivity contribution in [2.75, 3.05) is 71.3 Å². The van der Waals surface area contributed by atoms with Crippen molar-refractivity contribution in [2.45, 2.75) is 259 Å². The molecule has 46 nitrogen and oxygen atoms in total. The Morgan fingerprint density at radius 1 is 0.480 bits per heavy atom. The van der Waals surface area contributed by atoms with Crippen LogP contribution in [0.2, 0.25) is 0 Å². The van der Waals surface area contributed by atoms with Crippen LogP contribution in [0.3, 0.4) is 0 Å². The first-order chi connectivity index (χ1) is 60.5. The van der Waals surface area contributed by atoms with Crippen LogP contribution in [0.25, 0.3) is 10.9 Å². The Balaban J connectivity index is 1.29. The van der Waals surface area contributed by atoms with E-state index in [1.807, 2.05) is 24.3 Å². The third-order valence-electron chi connectivity index (χ3n) is 22.2. The summed E-state index contributed by atoms with van der Waals surface area (Å²) in [7, 11) is 0. The van der Waals surface area contributed by atoms with E-state index in [0.717, 1.165) is 26.3 Å². The second-order valence-corrected chi connectivity index (χ2v) is 32.1. The standard InChI is InChI=1S/C80H131N25O21S/c1-3-44(2)64(75(122)96-51(23-13-35-90-80(87)88)68(115)93-50(22-12-34-89-79(85)86)67(114)94-52(27-29-62(108)109)66(113)92-41-61(107)103-36-14-24-58(103)72(119)99-55(78(125)126)21-8-11-33-83)102-74(121)60-26-16-38-105(60)77(124)54(28-30-63(110)111)98-71(118)57(43-127)101-70(117)56(42-106)100-69(116)49(19-6-9-31-81)95-73(120)59-25-15-37-104(59)76(123)53(20-7-10-32-82)97-65(112)47(84)39-45-40-91-48-18-5-4-17-46(45)48/h4-5,17-18,40,44,47,49-60,64,91,106,127H,3,6-16,19-39,41-43,81-84H2,1-2H3,(H,92,113)(H,93,115)(H,94,114)(H,95,120)(H,96,122)(H,97,112)(H,98,118)(H,99,119)(H,100,116)(H,101,117)(H,102,121)(H,108,109)(H,110,111)(H,125,126)(H4,85,86,89)(H4,87,88,90)/t44-,47-,49-,50-,51-,52-,53-,54-,55-,56-,57-,58-,59-,60-,64-/m0/s1. The minimum absolute atomic E-state index is 0.00119. The summed E-state index contributed by atoms with van der Waals surface area (Å²) in [6.07, 6.45) is 2.98. The third kappa shape index (κ3) is 34.6. The molecule has 0 aliphatic carbocycles. The van der Waals surface area contributed by atoms with Crippen molar-refractivity contribution in [2.24, 2.45) is 61.8 Å². The molecule has 3 fully saturated rings. The number of nitrogens with one attached hydrogen (secondary N) is 12. The van der Waals surface area contributed by atoms with Crippen LogP contribution in [0.5, 0.6) is 0 Å². The van der Waals surface area contributed by atoms with Crippen LogP contribution in [0, 0.1) is 5.92 Å². The Hall–Kier alpha value is -11.6. The van der Waals surface area contributed by atoms with Gasteiger partial charge in [-0.25, -0.2) is 4.79 Å². The molecule has 0 unspecified atom stereocenters. The molecule has 47 heteroatoms. The molecule has 127 heavy (non-hydrogen) atoms. The predicted octanol–water partition coefficient (Wildman–Crippen LogP) is -6.75. The first kappa shape index (κ1) is 106. The van der Waals surface area contributed by atoms with Crippen molar-refractivity contribution >= 4 is 136 Å². The number of likely N-dealkylation sites (tertiary alicyclic amines) is 3. The number of nitrogens with two attached hydrogens (primary N) is 8. The van der Waals surface area contributed by atoms with Crippen LogP contribution in [0.15, 0.2) is 40.4 Å². The SMILES string of the molecule is CC[C@H](C)[C@H](NC(=O)[C@@H]1CCCN1C(=O)[C@H](CCC(=O)O)NC(=O)[C@H](CS)NC(=O)[C@H](CO)NC(=O)[C@H](CCCCN)NC(=O)[C@@H]1CCCN1C(=O)[C@H](CCCCN)NC(=O)[C@@H](N)Cc1c[nH]c2ccccc12)C(=O)N[C@@H](CCCN=C(N)N)C(=O)N[C@@H](CCCN=C(N)N)C(=O)N[C@@H](CCC(=O)O)C(=O)NCC(=O)N1CCC[C@H]1C(=O)N[C@@H](CCCCN)C(=O)O. The Morgan fingerprint density at radius 2 is 0.874 bits per heavy atom. The average molecular weight is 1810 g/mol. The molecule has 0 spiro atoms. The van der Waals surface area contributed by atoms with Gasteiger partial charge in [-0.1, -0.05) is 38.5 Å². The summed E-state index contributed by atoms with van der Waals surface area (Å²) < 4.78 is 0. The smallest absolute Gasteiger partial charge is 0.326 e. The highest BCUT2D eigenvalue weighted by atomic mass is 32.1. The molecule has 4 heterocycles. The van der Waals surface area contributed by atoms with Crippen LogP contribution in [0.1, 0.15) is 174 Å². The Bertz CT molecular complexity index is 4130. The molecule has 1 aromatic carbocycles. The number of para-hydroxylation sites is 1. The van der Waals surface area contributed by atoms with Gasteiger partial charge in [0.1, 0.15) is 78.5 Å². The number of aromatic amines is 1. The monoisotopic (exact) mass is 1810 g/mol. The van der Waals surface area contributed by atoms with E-state index in [9.17, 15) is 102 Å². The number of amides is 14. The number of hydrogen-bond acceptors (Lipinski definition) is 25. The van der Waals surface area contributed by atoms with E-state index in [0.29, 0.717) is 58.0 Å². The molecule has 14 amide bonds. The lowest BCUT2D eigenvalue weighted by molar-refractivity contribution is -0.144. The van der Waals surface area contributed by atoms with E-state index >= 15 is 0 Å². The number of thiol groups is 1. The van der Waals surface area contributed by atoms with Crippen LogP contribution in [-0.2, 0) is 87.9 Å². The lowest BCUT2D eigenvalue weighted by Gasteiger charge is -2.32. The summed E-state index contributed by atoms with van der Waals surface area (Å²) >= 11 is 4.26. The van der Waals surface area contributed by atoms with Gasteiger partial charge in [-0.3, -0.25) is 86.7 Å². The van der Waals surface area contributed by atoms with Crippen molar-refractivity contribution in [1.29, 1.82) is 0 Å². The van der Waals surface area contributed by atoms with Gasteiger partial charge in [0.05, 0.1) is 19.2 Å². The van der Waals surface area contributed by atoms with E-state index < -0.39 is 236 Å². The molecule has 32 N–H and O–H groups in total. The fourth-order valence-corrected chi connectivity index (χ4v) is 15.3. The highest BCUT2D eigenvalue weighted by Gasteiger charge is 2.44. The molecule has 1 aromatic heterocycles. The van der Waals surface area contributed by atoms with Gasteiger partial charge in [0.25, 0.3) is 0 Å². The van der Waals surface area contributed by atoms with Gasteiger partial charge in [-0.15, -0.1) is 0 Å². The number of carboxylic acid groups (broad SMARTS) is 3. The van der Waals surface area contributed by atoms with Crippen molar-refractivity contribution in [3.8, 4) is 0 Å². The Morgan fingerprint density at radius 3 is 1.36 bits per heavy atom. The minimum Gasteiger partial charge on any atom is -0.481 e. The summed E-state index contributed by atoms with van der Waals surface area (Å²) in [5.74, 6) is -18.5. The number of carboxylic acids is 3. The molecule has 0 bridgehead atoms. The molecule has 3 saturated heterocycles. The molecule has 2 aromatic rings. The largest absolute Gasteiger partial charge is 0.481 e. The number of aliphatic imine (C=N–C) groups is 2.